The third-order valence-corrected chi connectivity index (χ3v) is 5.33. The lowest BCUT2D eigenvalue weighted by atomic mass is 10.4. The highest BCUT2D eigenvalue weighted by atomic mass is 35.5. The number of hydrogen-bond acceptors (Lipinski definition) is 6. The van der Waals surface area contributed by atoms with Crippen molar-refractivity contribution in [1.29, 1.82) is 0 Å². The number of hydrogen-bond donors (Lipinski definition) is 1. The van der Waals surface area contributed by atoms with Crippen LogP contribution < -0.4 is 0 Å². The second kappa shape index (κ2) is 5.96. The van der Waals surface area contributed by atoms with E-state index in [1.54, 1.807) is 0 Å². The SMILES string of the molecule is O=C(O)c1cc([N+](=O)[O-])c(Sc2c(Cl)cncc2Cl)s1. The number of carboxylic acid groups (broad SMARTS) is 1. The number of rotatable bonds is 4. The number of pyridine rings is 1. The number of aromatic nitrogens is 1. The van der Waals surface area contributed by atoms with Gasteiger partial charge in [-0.2, -0.15) is 0 Å². The normalized spacial score (nSPS) is 10.5. The summed E-state index contributed by atoms with van der Waals surface area (Å²) in [5, 5.41) is 20.3. The van der Waals surface area contributed by atoms with Crippen molar-refractivity contribution in [2.75, 3.05) is 0 Å². The summed E-state index contributed by atoms with van der Waals surface area (Å²) in [7, 11) is 0. The van der Waals surface area contributed by atoms with Gasteiger partial charge in [-0.05, 0) is 0 Å². The molecule has 0 saturated heterocycles. The van der Waals surface area contributed by atoms with Crippen LogP contribution in [0, 0.1) is 10.1 Å². The van der Waals surface area contributed by atoms with Gasteiger partial charge in [0.2, 0.25) is 0 Å². The van der Waals surface area contributed by atoms with Crippen LogP contribution >= 0.6 is 46.3 Å². The first-order valence-electron chi connectivity index (χ1n) is 4.88. The first-order chi connectivity index (χ1) is 9.40. The molecule has 10 heteroatoms. The van der Waals surface area contributed by atoms with Crippen LogP contribution in [0.4, 0.5) is 5.69 Å². The topological polar surface area (TPSA) is 93.3 Å². The zero-order chi connectivity index (χ0) is 14.9. The second-order valence-corrected chi connectivity index (χ2v) is 6.53. The average molecular weight is 351 g/mol. The van der Waals surface area contributed by atoms with Crippen molar-refractivity contribution in [3.05, 3.63) is 43.5 Å². The fourth-order valence-corrected chi connectivity index (χ4v) is 3.96. The van der Waals surface area contributed by atoms with Crippen LogP contribution in [0.5, 0.6) is 0 Å². The molecule has 0 saturated carbocycles. The maximum absolute atomic E-state index is 10.9. The van der Waals surface area contributed by atoms with Crippen LogP contribution in [0.1, 0.15) is 9.67 Å². The Morgan fingerprint density at radius 2 is 2.00 bits per heavy atom. The van der Waals surface area contributed by atoms with Gasteiger partial charge in [0.1, 0.15) is 9.09 Å². The summed E-state index contributed by atoms with van der Waals surface area (Å²) in [4.78, 5) is 25.2. The molecule has 0 atom stereocenters. The van der Waals surface area contributed by atoms with Crippen molar-refractivity contribution < 1.29 is 14.8 Å². The summed E-state index contributed by atoms with van der Waals surface area (Å²) >= 11 is 13.6. The van der Waals surface area contributed by atoms with Crippen molar-refractivity contribution in [3.8, 4) is 0 Å². The molecule has 0 spiro atoms. The van der Waals surface area contributed by atoms with Gasteiger partial charge >= 0.3 is 5.97 Å². The maximum Gasteiger partial charge on any atom is 0.346 e. The Hall–Kier alpha value is -1.35. The minimum absolute atomic E-state index is 0.125. The van der Waals surface area contributed by atoms with Crippen LogP contribution in [0.25, 0.3) is 0 Å². The van der Waals surface area contributed by atoms with E-state index in [0.717, 1.165) is 29.2 Å². The fourth-order valence-electron chi connectivity index (χ4n) is 1.26. The molecular formula is C10H4Cl2N2O4S2. The molecule has 0 aliphatic carbocycles. The van der Waals surface area contributed by atoms with Crippen LogP contribution in [-0.4, -0.2) is 21.0 Å². The van der Waals surface area contributed by atoms with Crippen LogP contribution in [0.15, 0.2) is 27.6 Å². The monoisotopic (exact) mass is 350 g/mol. The van der Waals surface area contributed by atoms with Crippen molar-refractivity contribution in [2.24, 2.45) is 0 Å². The Bertz CT molecular complexity index is 684. The lowest BCUT2D eigenvalue weighted by molar-refractivity contribution is -0.387. The highest BCUT2D eigenvalue weighted by molar-refractivity contribution is 8.01. The number of carboxylic acids is 1. The van der Waals surface area contributed by atoms with E-state index in [1.165, 1.54) is 12.4 Å². The van der Waals surface area contributed by atoms with Gasteiger partial charge in [-0.15, -0.1) is 11.3 Å². The zero-order valence-electron chi connectivity index (χ0n) is 9.37. The van der Waals surface area contributed by atoms with E-state index in [2.05, 4.69) is 4.98 Å². The third-order valence-electron chi connectivity index (χ3n) is 2.09. The molecule has 0 radical (unpaired) electrons. The molecule has 0 fully saturated rings. The number of thiophene rings is 1. The van der Waals surface area contributed by atoms with Crippen molar-refractivity contribution in [1.82, 2.24) is 4.98 Å². The van der Waals surface area contributed by atoms with E-state index in [4.69, 9.17) is 28.3 Å². The Balaban J connectivity index is 2.47. The molecule has 2 rings (SSSR count). The number of halogens is 2. The lowest BCUT2D eigenvalue weighted by Gasteiger charge is -2.03. The molecule has 0 aromatic carbocycles. The van der Waals surface area contributed by atoms with Crippen LogP contribution in [-0.2, 0) is 0 Å². The van der Waals surface area contributed by atoms with Gasteiger partial charge in [-0.25, -0.2) is 4.79 Å². The standard InChI is InChI=1S/C10H4Cl2N2O4S2/c11-4-2-13-3-5(12)8(4)20-10-6(14(17)18)1-7(19-10)9(15)16/h1-3H,(H,15,16). The van der Waals surface area contributed by atoms with E-state index < -0.39 is 10.9 Å². The number of carbonyl (C=O) groups is 1. The molecule has 2 aromatic heterocycles. The average Bonchev–Trinajstić information content (AvgIpc) is 2.78. The molecule has 6 nitrogen and oxygen atoms in total. The second-order valence-electron chi connectivity index (χ2n) is 3.38. The minimum Gasteiger partial charge on any atom is -0.477 e. The Kier molecular flexibility index (Phi) is 4.48. The Morgan fingerprint density at radius 1 is 1.40 bits per heavy atom. The fraction of sp³-hybridized carbons (Fsp3) is 0. The Morgan fingerprint density at radius 3 is 2.50 bits per heavy atom. The predicted octanol–water partition coefficient (Wildman–Crippen LogP) is 4.21. The summed E-state index contributed by atoms with van der Waals surface area (Å²) in [5.41, 5.74) is -0.290. The molecule has 0 aliphatic heterocycles. The quantitative estimate of drug-likeness (QED) is 0.655. The van der Waals surface area contributed by atoms with Crippen molar-refractivity contribution in [2.45, 2.75) is 9.10 Å². The molecule has 0 bridgehead atoms. The molecule has 0 amide bonds. The summed E-state index contributed by atoms with van der Waals surface area (Å²) in [5.74, 6) is -1.23. The highest BCUT2D eigenvalue weighted by Gasteiger charge is 2.24. The van der Waals surface area contributed by atoms with E-state index in [1.807, 2.05) is 0 Å². The summed E-state index contributed by atoms with van der Waals surface area (Å²) in [6.45, 7) is 0. The third kappa shape index (κ3) is 3.04. The van der Waals surface area contributed by atoms with Gasteiger partial charge in [0, 0.05) is 18.5 Å². The maximum atomic E-state index is 10.9. The zero-order valence-corrected chi connectivity index (χ0v) is 12.5. The molecule has 1 N–H and O–H groups in total. The molecule has 0 unspecified atom stereocenters. The smallest absolute Gasteiger partial charge is 0.346 e. The first kappa shape index (κ1) is 15.0. The highest BCUT2D eigenvalue weighted by Crippen LogP contribution is 2.45. The molecule has 2 heterocycles. The first-order valence-corrected chi connectivity index (χ1v) is 7.27. The van der Waals surface area contributed by atoms with E-state index in [-0.39, 0.29) is 24.8 Å². The van der Waals surface area contributed by atoms with E-state index >= 15 is 0 Å². The molecule has 0 aliphatic rings. The van der Waals surface area contributed by atoms with Crippen molar-refractivity contribution >= 4 is 58.0 Å². The number of nitro groups is 1. The van der Waals surface area contributed by atoms with Crippen LogP contribution in [0.3, 0.4) is 0 Å². The summed E-state index contributed by atoms with van der Waals surface area (Å²) < 4.78 is 0.197. The summed E-state index contributed by atoms with van der Waals surface area (Å²) in [6, 6.07) is 1.01. The van der Waals surface area contributed by atoms with E-state index in [9.17, 15) is 14.9 Å². The Labute approximate surface area is 130 Å². The van der Waals surface area contributed by atoms with Crippen molar-refractivity contribution in [3.63, 3.8) is 0 Å². The molecule has 20 heavy (non-hydrogen) atoms. The largest absolute Gasteiger partial charge is 0.477 e. The van der Waals surface area contributed by atoms with Gasteiger partial charge < -0.3 is 5.11 Å². The van der Waals surface area contributed by atoms with Gasteiger partial charge in [0.25, 0.3) is 5.69 Å². The number of nitrogens with zero attached hydrogens (tertiary/aromatic N) is 2. The molecular weight excluding hydrogens is 347 g/mol. The van der Waals surface area contributed by atoms with Crippen LogP contribution in [0.2, 0.25) is 10.0 Å². The minimum atomic E-state index is -1.23. The molecule has 104 valence electrons. The molecule has 2 aromatic rings. The lowest BCUT2D eigenvalue weighted by Crippen LogP contribution is -1.91. The van der Waals surface area contributed by atoms with Gasteiger partial charge in [-0.1, -0.05) is 35.0 Å². The summed E-state index contributed by atoms with van der Waals surface area (Å²) in [6.07, 6.45) is 2.71. The number of aromatic carboxylic acids is 1. The van der Waals surface area contributed by atoms with Gasteiger partial charge in [0.15, 0.2) is 0 Å². The van der Waals surface area contributed by atoms with Gasteiger partial charge in [-0.3, -0.25) is 15.1 Å². The van der Waals surface area contributed by atoms with Gasteiger partial charge in [0.05, 0.1) is 19.9 Å². The predicted molar refractivity (Wildman–Crippen MR) is 76.3 cm³/mol. The van der Waals surface area contributed by atoms with E-state index in [0.29, 0.717) is 4.90 Å².